The van der Waals surface area contributed by atoms with Crippen molar-refractivity contribution in [2.45, 2.75) is 77.0 Å². The summed E-state index contributed by atoms with van der Waals surface area (Å²) < 4.78 is 16.3. The Hall–Kier alpha value is -0.480. The van der Waals surface area contributed by atoms with Gasteiger partial charge in [-0.2, -0.15) is 23.5 Å². The Balaban J connectivity index is 1.23. The van der Waals surface area contributed by atoms with E-state index < -0.39 is 0 Å². The number of carbonyl (C=O) groups excluding carboxylic acids is 2. The van der Waals surface area contributed by atoms with Gasteiger partial charge in [-0.05, 0) is 77.5 Å². The van der Waals surface area contributed by atoms with Gasteiger partial charge in [0.2, 0.25) is 0 Å². The summed E-state index contributed by atoms with van der Waals surface area (Å²) in [6.07, 6.45) is 12.5. The van der Waals surface area contributed by atoms with Crippen LogP contribution in [0.25, 0.3) is 0 Å². The molecule has 0 atom stereocenters. The second kappa shape index (κ2) is 23.4. The number of esters is 2. The molecule has 0 bridgehead atoms. The minimum atomic E-state index is -0.0861. The van der Waals surface area contributed by atoms with Crippen LogP contribution in [0.2, 0.25) is 0 Å². The Morgan fingerprint density at radius 3 is 1.38 bits per heavy atom. The average Bonchev–Trinajstić information content (AvgIpc) is 2.92. The first-order valence-electron chi connectivity index (χ1n) is 14.7. The minimum absolute atomic E-state index is 0.0861. The maximum Gasteiger partial charge on any atom is 0.306 e. The molecule has 2 rings (SSSR count). The van der Waals surface area contributed by atoms with Gasteiger partial charge >= 0.3 is 11.9 Å². The quantitative estimate of drug-likeness (QED) is 0.136. The van der Waals surface area contributed by atoms with Crippen LogP contribution in [-0.4, -0.2) is 110 Å². The molecule has 7 nitrogen and oxygen atoms in total. The molecule has 0 aromatic heterocycles. The van der Waals surface area contributed by atoms with Gasteiger partial charge in [0.25, 0.3) is 0 Å². The number of rotatable bonds is 22. The highest BCUT2D eigenvalue weighted by atomic mass is 32.2. The third kappa shape index (κ3) is 19.3. The van der Waals surface area contributed by atoms with E-state index in [1.807, 2.05) is 23.5 Å². The number of likely N-dealkylation sites (tertiary alicyclic amines) is 2. The molecule has 0 radical (unpaired) electrons. The zero-order valence-electron chi connectivity index (χ0n) is 23.1. The molecule has 2 saturated heterocycles. The van der Waals surface area contributed by atoms with E-state index in [-0.39, 0.29) is 11.9 Å². The Morgan fingerprint density at radius 1 is 0.541 bits per heavy atom. The van der Waals surface area contributed by atoms with Crippen molar-refractivity contribution in [3.05, 3.63) is 0 Å². The Bertz CT molecular complexity index is 525. The molecule has 37 heavy (non-hydrogen) atoms. The zero-order valence-corrected chi connectivity index (χ0v) is 24.8. The number of ether oxygens (including phenoxy) is 3. The van der Waals surface area contributed by atoms with E-state index in [4.69, 9.17) is 14.2 Å². The number of piperidine rings is 2. The third-order valence-electron chi connectivity index (χ3n) is 6.79. The van der Waals surface area contributed by atoms with Gasteiger partial charge in [0.1, 0.15) is 0 Å². The molecule has 2 fully saturated rings. The second-order valence-electron chi connectivity index (χ2n) is 10.00. The number of unbranched alkanes of at least 4 members (excludes halogenated alkanes) is 2. The minimum Gasteiger partial charge on any atom is -0.466 e. The molecule has 0 aliphatic carbocycles. The first-order chi connectivity index (χ1) is 18.2. The van der Waals surface area contributed by atoms with E-state index in [2.05, 4.69) is 9.80 Å². The lowest BCUT2D eigenvalue weighted by atomic mass is 10.1. The summed E-state index contributed by atoms with van der Waals surface area (Å²) >= 11 is 3.70. The predicted molar refractivity (Wildman–Crippen MR) is 156 cm³/mol. The van der Waals surface area contributed by atoms with Crippen LogP contribution in [0.15, 0.2) is 0 Å². The van der Waals surface area contributed by atoms with Crippen LogP contribution in [-0.2, 0) is 23.8 Å². The van der Waals surface area contributed by atoms with Crippen LogP contribution in [0.1, 0.15) is 77.0 Å². The van der Waals surface area contributed by atoms with Gasteiger partial charge in [-0.15, -0.1) is 0 Å². The summed E-state index contributed by atoms with van der Waals surface area (Å²) in [4.78, 5) is 28.7. The highest BCUT2D eigenvalue weighted by Crippen LogP contribution is 2.12. The Labute approximate surface area is 234 Å². The summed E-state index contributed by atoms with van der Waals surface area (Å²) in [5, 5.41) is 0. The van der Waals surface area contributed by atoms with Crippen molar-refractivity contribution in [3.63, 3.8) is 0 Å². The van der Waals surface area contributed by atoms with Gasteiger partial charge in [-0.25, -0.2) is 0 Å². The number of carbonyl (C=O) groups is 2. The Morgan fingerprint density at radius 2 is 0.946 bits per heavy atom. The van der Waals surface area contributed by atoms with Gasteiger partial charge in [0.05, 0.1) is 26.1 Å². The molecule has 2 heterocycles. The van der Waals surface area contributed by atoms with Crippen LogP contribution in [0.3, 0.4) is 0 Å². The SMILES string of the molecule is O=C(CCSCCN1CCCCC1)OCCCCOCCCCOC(=O)CCSCCN1CCCCC1. The lowest BCUT2D eigenvalue weighted by Crippen LogP contribution is -2.31. The van der Waals surface area contributed by atoms with Crippen LogP contribution < -0.4 is 0 Å². The van der Waals surface area contributed by atoms with Crippen molar-refractivity contribution >= 4 is 35.5 Å². The molecular weight excluding hydrogens is 508 g/mol. The predicted octanol–water partition coefficient (Wildman–Crippen LogP) is 4.87. The number of hydrogen-bond donors (Lipinski definition) is 0. The summed E-state index contributed by atoms with van der Waals surface area (Å²) in [6, 6.07) is 0. The van der Waals surface area contributed by atoms with Crippen LogP contribution in [0.5, 0.6) is 0 Å². The molecule has 0 saturated carbocycles. The first-order valence-corrected chi connectivity index (χ1v) is 17.0. The highest BCUT2D eigenvalue weighted by molar-refractivity contribution is 7.99. The fraction of sp³-hybridized carbons (Fsp3) is 0.929. The summed E-state index contributed by atoms with van der Waals surface area (Å²) in [7, 11) is 0. The van der Waals surface area contributed by atoms with Crippen molar-refractivity contribution in [2.75, 3.05) is 88.7 Å². The smallest absolute Gasteiger partial charge is 0.306 e. The molecular formula is C28H52N2O5S2. The molecule has 0 N–H and O–H groups in total. The molecule has 2 aliphatic rings. The number of nitrogens with zero attached hydrogens (tertiary/aromatic N) is 2. The molecule has 0 amide bonds. The topological polar surface area (TPSA) is 68.3 Å². The Kier molecular flexibility index (Phi) is 20.7. The van der Waals surface area contributed by atoms with Crippen LogP contribution >= 0.6 is 23.5 Å². The van der Waals surface area contributed by atoms with Crippen molar-refractivity contribution in [1.82, 2.24) is 9.80 Å². The van der Waals surface area contributed by atoms with Gasteiger partial charge in [0.15, 0.2) is 0 Å². The van der Waals surface area contributed by atoms with Crippen molar-refractivity contribution in [2.24, 2.45) is 0 Å². The van der Waals surface area contributed by atoms with Crippen molar-refractivity contribution in [1.29, 1.82) is 0 Å². The lowest BCUT2D eigenvalue weighted by molar-refractivity contribution is -0.144. The molecule has 0 aromatic carbocycles. The van der Waals surface area contributed by atoms with Crippen molar-refractivity contribution in [3.8, 4) is 0 Å². The molecule has 2 aliphatic heterocycles. The first kappa shape index (κ1) is 32.7. The monoisotopic (exact) mass is 560 g/mol. The summed E-state index contributed by atoms with van der Waals surface area (Å²) in [5.74, 6) is 3.73. The third-order valence-corrected chi connectivity index (χ3v) is 8.72. The van der Waals surface area contributed by atoms with Gasteiger partial charge in [-0.3, -0.25) is 9.59 Å². The summed E-state index contributed by atoms with van der Waals surface area (Å²) in [6.45, 7) is 9.55. The molecule has 0 unspecified atom stereocenters. The van der Waals surface area contributed by atoms with E-state index in [1.54, 1.807) is 0 Å². The second-order valence-corrected chi connectivity index (χ2v) is 12.4. The van der Waals surface area contributed by atoms with E-state index in [1.165, 1.54) is 64.7 Å². The van der Waals surface area contributed by atoms with Crippen LogP contribution in [0, 0.1) is 0 Å². The largest absolute Gasteiger partial charge is 0.466 e. The van der Waals surface area contributed by atoms with Gasteiger partial charge in [0, 0.05) is 49.3 Å². The van der Waals surface area contributed by atoms with E-state index in [0.717, 1.165) is 61.8 Å². The van der Waals surface area contributed by atoms with E-state index in [9.17, 15) is 9.59 Å². The standard InChI is InChI=1S/C28H52N2O5S2/c31-27(11-23-36-25-17-29-13-3-1-4-14-29)34-21-9-7-19-33-20-8-10-22-35-28(32)12-24-37-26-18-30-15-5-2-6-16-30/h1-26H2. The van der Waals surface area contributed by atoms with Crippen molar-refractivity contribution < 1.29 is 23.8 Å². The maximum atomic E-state index is 11.8. The number of hydrogen-bond acceptors (Lipinski definition) is 9. The van der Waals surface area contributed by atoms with Gasteiger partial charge in [-0.1, -0.05) is 12.8 Å². The fourth-order valence-corrected chi connectivity index (χ4v) is 6.30. The van der Waals surface area contributed by atoms with E-state index in [0.29, 0.717) is 39.3 Å². The summed E-state index contributed by atoms with van der Waals surface area (Å²) in [5.41, 5.74) is 0. The van der Waals surface area contributed by atoms with E-state index >= 15 is 0 Å². The highest BCUT2D eigenvalue weighted by Gasteiger charge is 2.11. The fourth-order valence-electron chi connectivity index (χ4n) is 4.50. The zero-order chi connectivity index (χ0) is 26.2. The molecule has 216 valence electrons. The van der Waals surface area contributed by atoms with Crippen LogP contribution in [0.4, 0.5) is 0 Å². The lowest BCUT2D eigenvalue weighted by Gasteiger charge is -2.26. The number of thioether (sulfide) groups is 2. The van der Waals surface area contributed by atoms with Gasteiger partial charge < -0.3 is 24.0 Å². The molecule has 0 spiro atoms. The molecule has 0 aromatic rings. The average molecular weight is 561 g/mol. The maximum absolute atomic E-state index is 11.8. The normalized spacial score (nSPS) is 17.1. The molecule has 9 heteroatoms.